The van der Waals surface area contributed by atoms with Gasteiger partial charge in [0.1, 0.15) is 0 Å². The first kappa shape index (κ1) is 14.0. The third-order valence-corrected chi connectivity index (χ3v) is 3.51. The third kappa shape index (κ3) is 3.56. The molecule has 1 saturated heterocycles. The second-order valence-corrected chi connectivity index (χ2v) is 5.02. The maximum atomic E-state index is 12.0. The summed E-state index contributed by atoms with van der Waals surface area (Å²) < 4.78 is 6.90. The lowest BCUT2D eigenvalue weighted by Crippen LogP contribution is -2.38. The molecule has 2 aromatic rings. The number of nitrogens with zero attached hydrogens (tertiary/aromatic N) is 4. The molecule has 0 radical (unpaired) electrons. The lowest BCUT2D eigenvalue weighted by molar-refractivity contribution is 0.0374. The fourth-order valence-corrected chi connectivity index (χ4v) is 2.36. The molecule has 0 unspecified atom stereocenters. The zero-order chi connectivity index (χ0) is 14.5. The van der Waals surface area contributed by atoms with Crippen LogP contribution in [-0.4, -0.2) is 64.8 Å². The predicted octanol–water partition coefficient (Wildman–Crippen LogP) is 0.181. The number of amides is 1. The highest BCUT2D eigenvalue weighted by Gasteiger charge is 2.12. The molecule has 0 spiro atoms. The van der Waals surface area contributed by atoms with Crippen LogP contribution in [-0.2, 0) is 4.74 Å². The average Bonchev–Trinajstić information content (AvgIpc) is 2.96. The summed E-state index contributed by atoms with van der Waals surface area (Å²) in [5.41, 5.74) is 1.08. The monoisotopic (exact) mass is 289 g/mol. The van der Waals surface area contributed by atoms with Gasteiger partial charge in [-0.2, -0.15) is 5.10 Å². The SMILES string of the molecule is O=C(NCCCN1CCOCC1)c1cc2ncccn2n1. The van der Waals surface area contributed by atoms with Gasteiger partial charge in [0.2, 0.25) is 0 Å². The van der Waals surface area contributed by atoms with Crippen molar-refractivity contribution >= 4 is 11.6 Å². The van der Waals surface area contributed by atoms with E-state index in [4.69, 9.17) is 4.74 Å². The molecule has 112 valence electrons. The fraction of sp³-hybridized carbons (Fsp3) is 0.500. The topological polar surface area (TPSA) is 71.8 Å². The highest BCUT2D eigenvalue weighted by atomic mass is 16.5. The number of morpholine rings is 1. The van der Waals surface area contributed by atoms with Crippen LogP contribution in [0.2, 0.25) is 0 Å². The van der Waals surface area contributed by atoms with E-state index in [1.165, 1.54) is 0 Å². The molecule has 1 aliphatic rings. The van der Waals surface area contributed by atoms with E-state index >= 15 is 0 Å². The van der Waals surface area contributed by atoms with E-state index in [-0.39, 0.29) is 5.91 Å². The smallest absolute Gasteiger partial charge is 0.271 e. The van der Waals surface area contributed by atoms with Gasteiger partial charge in [-0.25, -0.2) is 9.50 Å². The minimum atomic E-state index is -0.150. The van der Waals surface area contributed by atoms with Crippen LogP contribution in [0.1, 0.15) is 16.9 Å². The van der Waals surface area contributed by atoms with Crippen molar-refractivity contribution in [3.63, 3.8) is 0 Å². The molecule has 0 saturated carbocycles. The Bertz CT molecular complexity index is 573. The Morgan fingerprint density at radius 2 is 2.24 bits per heavy atom. The quantitative estimate of drug-likeness (QED) is 0.795. The summed E-state index contributed by atoms with van der Waals surface area (Å²) in [4.78, 5) is 18.5. The average molecular weight is 289 g/mol. The highest BCUT2D eigenvalue weighted by molar-refractivity contribution is 5.93. The number of nitrogens with one attached hydrogen (secondary N) is 1. The number of ether oxygens (including phenoxy) is 1. The van der Waals surface area contributed by atoms with E-state index < -0.39 is 0 Å². The third-order valence-electron chi connectivity index (χ3n) is 3.51. The minimum absolute atomic E-state index is 0.150. The van der Waals surface area contributed by atoms with E-state index in [2.05, 4.69) is 20.3 Å². The molecule has 2 aromatic heterocycles. The molecule has 0 aromatic carbocycles. The van der Waals surface area contributed by atoms with E-state index in [0.717, 1.165) is 39.3 Å². The highest BCUT2D eigenvalue weighted by Crippen LogP contribution is 2.03. The molecule has 1 aliphatic heterocycles. The van der Waals surface area contributed by atoms with Crippen LogP contribution in [0.3, 0.4) is 0 Å². The van der Waals surface area contributed by atoms with Gasteiger partial charge in [-0.3, -0.25) is 9.69 Å². The van der Waals surface area contributed by atoms with Crippen LogP contribution >= 0.6 is 0 Å². The van der Waals surface area contributed by atoms with E-state index in [1.807, 2.05) is 0 Å². The van der Waals surface area contributed by atoms with E-state index in [1.54, 1.807) is 29.0 Å². The van der Waals surface area contributed by atoms with Crippen molar-refractivity contribution in [3.8, 4) is 0 Å². The summed E-state index contributed by atoms with van der Waals surface area (Å²) in [5.74, 6) is -0.150. The Morgan fingerprint density at radius 3 is 3.05 bits per heavy atom. The molecular weight excluding hydrogens is 270 g/mol. The summed E-state index contributed by atoms with van der Waals surface area (Å²) in [6.45, 7) is 5.20. The van der Waals surface area contributed by atoms with Gasteiger partial charge in [-0.1, -0.05) is 0 Å². The number of hydrogen-bond donors (Lipinski definition) is 1. The van der Waals surface area contributed by atoms with Crippen LogP contribution in [0.4, 0.5) is 0 Å². The van der Waals surface area contributed by atoms with Crippen molar-refractivity contribution in [2.24, 2.45) is 0 Å². The van der Waals surface area contributed by atoms with Crippen LogP contribution in [0.25, 0.3) is 5.65 Å². The predicted molar refractivity (Wildman–Crippen MR) is 77.2 cm³/mol. The lowest BCUT2D eigenvalue weighted by atomic mass is 10.3. The molecule has 3 heterocycles. The molecule has 0 bridgehead atoms. The zero-order valence-electron chi connectivity index (χ0n) is 11.9. The lowest BCUT2D eigenvalue weighted by Gasteiger charge is -2.26. The van der Waals surface area contributed by atoms with Crippen LogP contribution < -0.4 is 5.32 Å². The van der Waals surface area contributed by atoms with Crippen molar-refractivity contribution in [1.29, 1.82) is 0 Å². The van der Waals surface area contributed by atoms with Crippen molar-refractivity contribution < 1.29 is 9.53 Å². The van der Waals surface area contributed by atoms with Gasteiger partial charge < -0.3 is 10.1 Å². The first-order chi connectivity index (χ1) is 10.3. The summed E-state index contributed by atoms with van der Waals surface area (Å²) >= 11 is 0. The van der Waals surface area contributed by atoms with Crippen LogP contribution in [0, 0.1) is 0 Å². The summed E-state index contributed by atoms with van der Waals surface area (Å²) in [6.07, 6.45) is 4.38. The zero-order valence-corrected chi connectivity index (χ0v) is 11.9. The van der Waals surface area contributed by atoms with Crippen molar-refractivity contribution in [2.45, 2.75) is 6.42 Å². The van der Waals surface area contributed by atoms with Crippen LogP contribution in [0.15, 0.2) is 24.5 Å². The summed E-state index contributed by atoms with van der Waals surface area (Å²) in [5, 5.41) is 7.10. The summed E-state index contributed by atoms with van der Waals surface area (Å²) in [6, 6.07) is 3.47. The normalized spacial score (nSPS) is 16.2. The second kappa shape index (κ2) is 6.64. The summed E-state index contributed by atoms with van der Waals surface area (Å²) in [7, 11) is 0. The molecule has 1 fully saturated rings. The molecule has 7 nitrogen and oxygen atoms in total. The molecule has 1 amide bonds. The standard InChI is InChI=1S/C14H19N5O2/c20-14(12-11-13-15-3-2-6-19(13)17-12)16-4-1-5-18-7-9-21-10-8-18/h2-3,6,11H,1,4-5,7-10H2,(H,16,20). The molecule has 7 heteroatoms. The number of rotatable bonds is 5. The van der Waals surface area contributed by atoms with Crippen molar-refractivity contribution in [1.82, 2.24) is 24.8 Å². The largest absolute Gasteiger partial charge is 0.379 e. The second-order valence-electron chi connectivity index (χ2n) is 5.02. The van der Waals surface area contributed by atoms with Gasteiger partial charge in [-0.15, -0.1) is 0 Å². The minimum Gasteiger partial charge on any atom is -0.379 e. The molecule has 0 aliphatic carbocycles. The number of carbonyl (C=O) groups is 1. The van der Waals surface area contributed by atoms with Crippen molar-refractivity contribution in [2.75, 3.05) is 39.4 Å². The molecular formula is C14H19N5O2. The Kier molecular flexibility index (Phi) is 4.42. The fourth-order valence-electron chi connectivity index (χ4n) is 2.36. The molecule has 0 atom stereocenters. The Balaban J connectivity index is 1.45. The maximum Gasteiger partial charge on any atom is 0.271 e. The number of hydrogen-bond acceptors (Lipinski definition) is 5. The first-order valence-electron chi connectivity index (χ1n) is 7.21. The van der Waals surface area contributed by atoms with Gasteiger partial charge in [0.25, 0.3) is 5.91 Å². The van der Waals surface area contributed by atoms with E-state index in [9.17, 15) is 4.79 Å². The van der Waals surface area contributed by atoms with Gasteiger partial charge in [-0.05, 0) is 19.0 Å². The Hall–Kier alpha value is -1.99. The molecule has 1 N–H and O–H groups in total. The molecule has 21 heavy (non-hydrogen) atoms. The molecule has 3 rings (SSSR count). The Labute approximate surface area is 122 Å². The van der Waals surface area contributed by atoms with Gasteiger partial charge >= 0.3 is 0 Å². The maximum absolute atomic E-state index is 12.0. The first-order valence-corrected chi connectivity index (χ1v) is 7.21. The number of aromatic nitrogens is 3. The van der Waals surface area contributed by atoms with Gasteiger partial charge in [0, 0.05) is 38.1 Å². The van der Waals surface area contributed by atoms with E-state index in [0.29, 0.717) is 17.9 Å². The number of fused-ring (bicyclic) bond motifs is 1. The van der Waals surface area contributed by atoms with Crippen molar-refractivity contribution in [3.05, 3.63) is 30.2 Å². The van der Waals surface area contributed by atoms with Gasteiger partial charge in [0.05, 0.1) is 13.2 Å². The van der Waals surface area contributed by atoms with Crippen LogP contribution in [0.5, 0.6) is 0 Å². The Morgan fingerprint density at radius 1 is 1.38 bits per heavy atom. The number of carbonyl (C=O) groups excluding carboxylic acids is 1. The van der Waals surface area contributed by atoms with Gasteiger partial charge in [0.15, 0.2) is 11.3 Å².